The molecule has 0 unspecified atom stereocenters. The lowest BCUT2D eigenvalue weighted by Gasteiger charge is -2.23. The van der Waals surface area contributed by atoms with Crippen molar-refractivity contribution in [1.82, 2.24) is 9.88 Å². The lowest BCUT2D eigenvalue weighted by atomic mass is 10.1. The highest BCUT2D eigenvalue weighted by Gasteiger charge is 2.24. The first-order valence-electron chi connectivity index (χ1n) is 7.09. The van der Waals surface area contributed by atoms with Gasteiger partial charge >= 0.3 is 0 Å². The van der Waals surface area contributed by atoms with Gasteiger partial charge in [0.15, 0.2) is 0 Å². The number of pyridine rings is 1. The molecule has 2 aromatic rings. The van der Waals surface area contributed by atoms with E-state index in [0.717, 1.165) is 42.4 Å². The summed E-state index contributed by atoms with van der Waals surface area (Å²) in [6.45, 7) is 2.04. The van der Waals surface area contributed by atoms with Crippen molar-refractivity contribution in [3.05, 3.63) is 35.9 Å². The molecule has 4 nitrogen and oxygen atoms in total. The predicted molar refractivity (Wildman–Crippen MR) is 78.8 cm³/mol. The number of aliphatic hydroxyl groups excluding tert-OH is 1. The SMILES string of the molecule is COc1nc2ccccc2cc1CN1CCC[C@@H]1CO. The number of hydrogen-bond acceptors (Lipinski definition) is 4. The maximum absolute atomic E-state index is 9.42. The third-order valence-electron chi connectivity index (χ3n) is 4.04. The van der Waals surface area contributed by atoms with Gasteiger partial charge in [0.05, 0.1) is 19.2 Å². The molecule has 1 N–H and O–H groups in total. The van der Waals surface area contributed by atoms with Crippen molar-refractivity contribution < 1.29 is 9.84 Å². The van der Waals surface area contributed by atoms with E-state index in [1.807, 2.05) is 18.2 Å². The highest BCUT2D eigenvalue weighted by molar-refractivity contribution is 5.80. The van der Waals surface area contributed by atoms with Gasteiger partial charge in [-0.2, -0.15) is 0 Å². The molecule has 0 aliphatic carbocycles. The minimum atomic E-state index is 0.226. The number of ether oxygens (including phenoxy) is 1. The summed E-state index contributed by atoms with van der Waals surface area (Å²) >= 11 is 0. The van der Waals surface area contributed by atoms with Gasteiger partial charge in [0, 0.05) is 23.5 Å². The third kappa shape index (κ3) is 2.49. The van der Waals surface area contributed by atoms with Gasteiger partial charge < -0.3 is 9.84 Å². The lowest BCUT2D eigenvalue weighted by molar-refractivity contribution is 0.152. The van der Waals surface area contributed by atoms with E-state index < -0.39 is 0 Å². The molecule has 1 aliphatic heterocycles. The minimum Gasteiger partial charge on any atom is -0.481 e. The number of benzene rings is 1. The summed E-state index contributed by atoms with van der Waals surface area (Å²) in [6.07, 6.45) is 2.22. The molecule has 0 bridgehead atoms. The van der Waals surface area contributed by atoms with Crippen LogP contribution < -0.4 is 4.74 Å². The lowest BCUT2D eigenvalue weighted by Crippen LogP contribution is -2.31. The Labute approximate surface area is 119 Å². The molecule has 1 aliphatic rings. The zero-order valence-electron chi connectivity index (χ0n) is 11.7. The Hall–Kier alpha value is -1.65. The van der Waals surface area contributed by atoms with E-state index in [2.05, 4.69) is 22.0 Å². The molecule has 3 rings (SSSR count). The zero-order valence-corrected chi connectivity index (χ0v) is 11.7. The number of hydrogen-bond donors (Lipinski definition) is 1. The Kier molecular flexibility index (Phi) is 3.85. The van der Waals surface area contributed by atoms with Crippen LogP contribution in [-0.2, 0) is 6.54 Å². The number of methoxy groups -OCH3 is 1. The van der Waals surface area contributed by atoms with Crippen molar-refractivity contribution in [1.29, 1.82) is 0 Å². The van der Waals surface area contributed by atoms with Crippen molar-refractivity contribution in [2.24, 2.45) is 0 Å². The molecule has 1 fully saturated rings. The van der Waals surface area contributed by atoms with Crippen LogP contribution in [0.4, 0.5) is 0 Å². The number of fused-ring (bicyclic) bond motifs is 1. The normalized spacial score (nSPS) is 19.6. The smallest absolute Gasteiger partial charge is 0.218 e. The maximum Gasteiger partial charge on any atom is 0.218 e. The molecule has 0 spiro atoms. The number of aromatic nitrogens is 1. The molecule has 0 radical (unpaired) electrons. The second-order valence-corrected chi connectivity index (χ2v) is 5.30. The average Bonchev–Trinajstić information content (AvgIpc) is 2.93. The molecule has 4 heteroatoms. The summed E-state index contributed by atoms with van der Waals surface area (Å²) in [7, 11) is 1.66. The number of nitrogens with zero attached hydrogens (tertiary/aromatic N) is 2. The van der Waals surface area contributed by atoms with Crippen LogP contribution in [0.15, 0.2) is 30.3 Å². The summed E-state index contributed by atoms with van der Waals surface area (Å²) in [4.78, 5) is 6.89. The molecular formula is C16H20N2O2. The fourth-order valence-electron chi connectivity index (χ4n) is 2.96. The van der Waals surface area contributed by atoms with Crippen molar-refractivity contribution >= 4 is 10.9 Å². The van der Waals surface area contributed by atoms with Gasteiger partial charge in [-0.1, -0.05) is 18.2 Å². The van der Waals surface area contributed by atoms with Crippen LogP contribution in [0.25, 0.3) is 10.9 Å². The van der Waals surface area contributed by atoms with Gasteiger partial charge in [-0.15, -0.1) is 0 Å². The standard InChI is InChI=1S/C16H20N2O2/c1-20-16-13(10-18-8-4-6-14(18)11-19)9-12-5-2-3-7-15(12)17-16/h2-3,5,7,9,14,19H,4,6,8,10-11H2,1H3/t14-/m1/s1. The van der Waals surface area contributed by atoms with Crippen molar-refractivity contribution in [2.45, 2.75) is 25.4 Å². The van der Waals surface area contributed by atoms with E-state index in [4.69, 9.17) is 4.74 Å². The fraction of sp³-hybridized carbons (Fsp3) is 0.438. The molecule has 2 heterocycles. The van der Waals surface area contributed by atoms with E-state index in [1.165, 1.54) is 0 Å². The highest BCUT2D eigenvalue weighted by Crippen LogP contribution is 2.26. The Morgan fingerprint density at radius 3 is 3.05 bits per heavy atom. The summed E-state index contributed by atoms with van der Waals surface area (Å²) in [5.74, 6) is 0.687. The van der Waals surface area contributed by atoms with Gasteiger partial charge in [-0.05, 0) is 31.5 Å². The van der Waals surface area contributed by atoms with E-state index in [-0.39, 0.29) is 12.6 Å². The molecule has 20 heavy (non-hydrogen) atoms. The van der Waals surface area contributed by atoms with E-state index in [1.54, 1.807) is 7.11 Å². The number of aliphatic hydroxyl groups is 1. The quantitative estimate of drug-likeness (QED) is 0.927. The summed E-state index contributed by atoms with van der Waals surface area (Å²) in [5, 5.41) is 10.6. The number of likely N-dealkylation sites (tertiary alicyclic amines) is 1. The first-order chi connectivity index (χ1) is 9.81. The van der Waals surface area contributed by atoms with Crippen molar-refractivity contribution in [3.63, 3.8) is 0 Å². The predicted octanol–water partition coefficient (Wildman–Crippen LogP) is 2.20. The maximum atomic E-state index is 9.42. The largest absolute Gasteiger partial charge is 0.481 e. The molecule has 1 aromatic carbocycles. The van der Waals surface area contributed by atoms with Crippen LogP contribution in [-0.4, -0.2) is 41.3 Å². The molecule has 1 atom stereocenters. The topological polar surface area (TPSA) is 45.6 Å². The van der Waals surface area contributed by atoms with Gasteiger partial charge in [-0.25, -0.2) is 4.98 Å². The van der Waals surface area contributed by atoms with E-state index >= 15 is 0 Å². The second kappa shape index (κ2) is 5.77. The van der Waals surface area contributed by atoms with Crippen molar-refractivity contribution in [3.8, 4) is 5.88 Å². The van der Waals surface area contributed by atoms with E-state index in [9.17, 15) is 5.11 Å². The Morgan fingerprint density at radius 1 is 1.40 bits per heavy atom. The van der Waals surface area contributed by atoms with Crippen LogP contribution in [0.2, 0.25) is 0 Å². The van der Waals surface area contributed by atoms with Crippen LogP contribution in [0.5, 0.6) is 5.88 Å². The van der Waals surface area contributed by atoms with Gasteiger partial charge in [0.25, 0.3) is 0 Å². The minimum absolute atomic E-state index is 0.226. The zero-order chi connectivity index (χ0) is 13.9. The van der Waals surface area contributed by atoms with Gasteiger partial charge in [-0.3, -0.25) is 4.90 Å². The van der Waals surface area contributed by atoms with Crippen LogP contribution in [0.1, 0.15) is 18.4 Å². The van der Waals surface area contributed by atoms with Gasteiger partial charge in [0.1, 0.15) is 0 Å². The monoisotopic (exact) mass is 272 g/mol. The summed E-state index contributed by atoms with van der Waals surface area (Å²) < 4.78 is 5.43. The van der Waals surface area contributed by atoms with Crippen LogP contribution >= 0.6 is 0 Å². The Morgan fingerprint density at radius 2 is 2.25 bits per heavy atom. The molecule has 106 valence electrons. The van der Waals surface area contributed by atoms with E-state index in [0.29, 0.717) is 5.88 Å². The molecule has 0 amide bonds. The Balaban J connectivity index is 1.93. The fourth-order valence-corrected chi connectivity index (χ4v) is 2.96. The Bertz CT molecular complexity index is 600. The first kappa shape index (κ1) is 13.3. The van der Waals surface area contributed by atoms with Gasteiger partial charge in [0.2, 0.25) is 5.88 Å². The van der Waals surface area contributed by atoms with Crippen LogP contribution in [0, 0.1) is 0 Å². The van der Waals surface area contributed by atoms with Crippen molar-refractivity contribution in [2.75, 3.05) is 20.3 Å². The molecule has 0 saturated carbocycles. The summed E-state index contributed by atoms with van der Waals surface area (Å²) in [5.41, 5.74) is 2.04. The average molecular weight is 272 g/mol. The summed E-state index contributed by atoms with van der Waals surface area (Å²) in [6, 6.07) is 10.5. The number of para-hydroxylation sites is 1. The molecule has 1 aromatic heterocycles. The molecule has 1 saturated heterocycles. The second-order valence-electron chi connectivity index (χ2n) is 5.30. The first-order valence-corrected chi connectivity index (χ1v) is 7.09. The highest BCUT2D eigenvalue weighted by atomic mass is 16.5. The number of rotatable bonds is 4. The third-order valence-corrected chi connectivity index (χ3v) is 4.04. The van der Waals surface area contributed by atoms with Crippen LogP contribution in [0.3, 0.4) is 0 Å². The molecular weight excluding hydrogens is 252 g/mol.